The van der Waals surface area contributed by atoms with Crippen LogP contribution in [-0.2, 0) is 15.9 Å². The molecule has 0 aliphatic carbocycles. The van der Waals surface area contributed by atoms with Gasteiger partial charge in [0, 0.05) is 42.3 Å². The zero-order valence-corrected chi connectivity index (χ0v) is 21.0. The van der Waals surface area contributed by atoms with E-state index in [4.69, 9.17) is 18.9 Å². The van der Waals surface area contributed by atoms with Crippen LogP contribution in [0.3, 0.4) is 0 Å². The van der Waals surface area contributed by atoms with Crippen LogP contribution in [0.25, 0.3) is 22.3 Å². The Morgan fingerprint density at radius 3 is 1.30 bits per heavy atom. The number of methoxy groups -OCH3 is 4. The average Bonchev–Trinajstić information content (AvgIpc) is 2.96. The second kappa shape index (κ2) is 11.3. The molecule has 188 valence electrons. The number of carbonyl (C=O) groups is 2. The van der Waals surface area contributed by atoms with Crippen molar-refractivity contribution in [3.05, 3.63) is 95.6 Å². The maximum Gasteiger partial charge on any atom is 0.341 e. The summed E-state index contributed by atoms with van der Waals surface area (Å²) < 4.78 is 21.5. The molecule has 0 atom stereocenters. The van der Waals surface area contributed by atoms with E-state index in [-0.39, 0.29) is 17.5 Å². The van der Waals surface area contributed by atoms with Crippen LogP contribution in [-0.4, -0.2) is 50.3 Å². The van der Waals surface area contributed by atoms with E-state index in [0.717, 1.165) is 22.3 Å². The quantitative estimate of drug-likeness (QED) is 0.314. The van der Waals surface area contributed by atoms with Gasteiger partial charge in [-0.3, -0.25) is 9.97 Å². The first-order valence-electron chi connectivity index (χ1n) is 11.4. The van der Waals surface area contributed by atoms with Crippen molar-refractivity contribution in [3.8, 4) is 33.8 Å². The van der Waals surface area contributed by atoms with Crippen LogP contribution >= 0.6 is 0 Å². The molecule has 0 fully saturated rings. The second-order valence-corrected chi connectivity index (χ2v) is 8.06. The summed E-state index contributed by atoms with van der Waals surface area (Å²) in [6.45, 7) is 0. The van der Waals surface area contributed by atoms with Crippen molar-refractivity contribution in [1.82, 2.24) is 9.97 Å². The minimum atomic E-state index is -0.526. The van der Waals surface area contributed by atoms with E-state index < -0.39 is 11.9 Å². The van der Waals surface area contributed by atoms with E-state index in [0.29, 0.717) is 22.6 Å². The van der Waals surface area contributed by atoms with Crippen molar-refractivity contribution in [2.75, 3.05) is 28.4 Å². The summed E-state index contributed by atoms with van der Waals surface area (Å²) in [5, 5.41) is 0. The second-order valence-electron chi connectivity index (χ2n) is 8.06. The van der Waals surface area contributed by atoms with Crippen LogP contribution in [0.1, 0.15) is 31.8 Å². The summed E-state index contributed by atoms with van der Waals surface area (Å²) >= 11 is 0. The van der Waals surface area contributed by atoms with Gasteiger partial charge in [-0.15, -0.1) is 0 Å². The van der Waals surface area contributed by atoms with Crippen molar-refractivity contribution < 1.29 is 28.5 Å². The van der Waals surface area contributed by atoms with Crippen molar-refractivity contribution in [2.45, 2.75) is 6.42 Å². The van der Waals surface area contributed by atoms with Crippen molar-refractivity contribution in [3.63, 3.8) is 0 Å². The normalized spacial score (nSPS) is 10.5. The summed E-state index contributed by atoms with van der Waals surface area (Å²) in [4.78, 5) is 33.6. The molecule has 8 nitrogen and oxygen atoms in total. The summed E-state index contributed by atoms with van der Waals surface area (Å²) in [6.07, 6.45) is 7.02. The van der Waals surface area contributed by atoms with Gasteiger partial charge in [0.25, 0.3) is 0 Å². The molecular formula is C29H26N2O6. The van der Waals surface area contributed by atoms with Gasteiger partial charge in [0.2, 0.25) is 0 Å². The average molecular weight is 499 g/mol. The first kappa shape index (κ1) is 25.4. The van der Waals surface area contributed by atoms with E-state index in [9.17, 15) is 9.59 Å². The highest BCUT2D eigenvalue weighted by Gasteiger charge is 2.23. The third-order valence-electron chi connectivity index (χ3n) is 5.96. The lowest BCUT2D eigenvalue weighted by molar-refractivity contribution is 0.0588. The molecule has 0 saturated carbocycles. The smallest absolute Gasteiger partial charge is 0.341 e. The number of nitrogens with zero attached hydrogens (tertiary/aromatic N) is 2. The minimum Gasteiger partial charge on any atom is -0.496 e. The maximum absolute atomic E-state index is 12.7. The highest BCUT2D eigenvalue weighted by molar-refractivity contribution is 5.96. The van der Waals surface area contributed by atoms with Gasteiger partial charge in [0.15, 0.2) is 0 Å². The number of rotatable bonds is 8. The number of pyridine rings is 2. The third kappa shape index (κ3) is 5.28. The lowest BCUT2D eigenvalue weighted by Gasteiger charge is -2.19. The molecule has 2 heterocycles. The number of esters is 2. The first-order chi connectivity index (χ1) is 18.0. The highest BCUT2D eigenvalue weighted by Crippen LogP contribution is 2.37. The Morgan fingerprint density at radius 2 is 0.973 bits per heavy atom. The third-order valence-corrected chi connectivity index (χ3v) is 5.96. The lowest BCUT2D eigenvalue weighted by atomic mass is 9.92. The van der Waals surface area contributed by atoms with Crippen molar-refractivity contribution in [1.29, 1.82) is 0 Å². The van der Waals surface area contributed by atoms with Crippen LogP contribution in [0, 0.1) is 0 Å². The molecule has 4 rings (SSSR count). The molecule has 0 aliphatic rings. The van der Waals surface area contributed by atoms with Crippen LogP contribution in [0.15, 0.2) is 73.3 Å². The standard InChI is InChI=1S/C29H26N2O6/c1-34-26-22(13-20(16-24(26)28(32)36-3)18-5-9-30-10-6-18)15-23-14-21(19-7-11-31-12-8-19)17-25(27(23)35-2)29(33)37-4/h5-14,16-17H,15H2,1-4H3. The zero-order chi connectivity index (χ0) is 26.4. The molecule has 0 unspecified atom stereocenters. The number of ether oxygens (including phenoxy) is 4. The van der Waals surface area contributed by atoms with Gasteiger partial charge in [-0.25, -0.2) is 9.59 Å². The fraction of sp³-hybridized carbons (Fsp3) is 0.172. The number of hydrogen-bond acceptors (Lipinski definition) is 8. The fourth-order valence-electron chi connectivity index (χ4n) is 4.27. The van der Waals surface area contributed by atoms with Crippen LogP contribution in [0.5, 0.6) is 11.5 Å². The van der Waals surface area contributed by atoms with Crippen LogP contribution in [0.4, 0.5) is 0 Å². The maximum atomic E-state index is 12.7. The van der Waals surface area contributed by atoms with Crippen LogP contribution < -0.4 is 9.47 Å². The lowest BCUT2D eigenvalue weighted by Crippen LogP contribution is -2.09. The van der Waals surface area contributed by atoms with E-state index in [1.807, 2.05) is 36.4 Å². The van der Waals surface area contributed by atoms with Gasteiger partial charge in [0.05, 0.1) is 28.4 Å². The van der Waals surface area contributed by atoms with E-state index in [1.165, 1.54) is 28.4 Å². The topological polar surface area (TPSA) is 96.8 Å². The molecule has 37 heavy (non-hydrogen) atoms. The number of aromatic nitrogens is 2. The fourth-order valence-corrected chi connectivity index (χ4v) is 4.27. The van der Waals surface area contributed by atoms with Crippen LogP contribution in [0.2, 0.25) is 0 Å². The Bertz CT molecular complexity index is 1310. The monoisotopic (exact) mass is 498 g/mol. The SMILES string of the molecule is COC(=O)c1cc(-c2ccncc2)cc(Cc2cc(-c3ccncc3)cc(C(=O)OC)c2OC)c1OC. The summed E-state index contributed by atoms with van der Waals surface area (Å²) in [6, 6.07) is 14.8. The van der Waals surface area contributed by atoms with Gasteiger partial charge in [-0.2, -0.15) is 0 Å². The van der Waals surface area contributed by atoms with E-state index >= 15 is 0 Å². The number of benzene rings is 2. The first-order valence-corrected chi connectivity index (χ1v) is 11.4. The molecule has 2 aromatic heterocycles. The minimum absolute atomic E-state index is 0.284. The Morgan fingerprint density at radius 1 is 0.595 bits per heavy atom. The largest absolute Gasteiger partial charge is 0.496 e. The molecule has 0 aliphatic heterocycles. The zero-order valence-electron chi connectivity index (χ0n) is 21.0. The summed E-state index contributed by atoms with van der Waals surface area (Å²) in [7, 11) is 5.65. The van der Waals surface area contributed by atoms with Gasteiger partial charge in [0.1, 0.15) is 22.6 Å². The predicted molar refractivity (Wildman–Crippen MR) is 138 cm³/mol. The van der Waals surface area contributed by atoms with Gasteiger partial charge in [-0.05, 0) is 70.8 Å². The number of hydrogen-bond donors (Lipinski definition) is 0. The Hall–Kier alpha value is -4.72. The molecule has 4 aromatic rings. The summed E-state index contributed by atoms with van der Waals surface area (Å²) in [5.74, 6) is -0.301. The van der Waals surface area contributed by atoms with Gasteiger partial charge in [-0.1, -0.05) is 0 Å². The molecule has 0 radical (unpaired) electrons. The van der Waals surface area contributed by atoms with Crippen molar-refractivity contribution >= 4 is 11.9 Å². The van der Waals surface area contributed by atoms with E-state index in [1.54, 1.807) is 36.9 Å². The molecule has 8 heteroatoms. The molecule has 0 amide bonds. The molecule has 0 saturated heterocycles. The van der Waals surface area contributed by atoms with Gasteiger partial charge < -0.3 is 18.9 Å². The molecule has 0 bridgehead atoms. The molecule has 0 N–H and O–H groups in total. The Labute approximate surface area is 214 Å². The predicted octanol–water partition coefficient (Wildman–Crippen LogP) is 4.99. The van der Waals surface area contributed by atoms with Gasteiger partial charge >= 0.3 is 11.9 Å². The molecule has 0 spiro atoms. The molecular weight excluding hydrogens is 472 g/mol. The highest BCUT2D eigenvalue weighted by atomic mass is 16.5. The van der Waals surface area contributed by atoms with E-state index in [2.05, 4.69) is 9.97 Å². The Balaban J connectivity index is 1.95. The van der Waals surface area contributed by atoms with Crippen molar-refractivity contribution in [2.24, 2.45) is 0 Å². The molecule has 2 aromatic carbocycles. The Kier molecular flexibility index (Phi) is 7.78. The summed E-state index contributed by atoms with van der Waals surface area (Å²) in [5.41, 5.74) is 5.30. The number of carbonyl (C=O) groups excluding carboxylic acids is 2.